The number of nitrogens with zero attached hydrogens (tertiary/aromatic N) is 4. The van der Waals surface area contributed by atoms with Crippen LogP contribution in [0, 0.1) is 19.7 Å². The van der Waals surface area contributed by atoms with Crippen LogP contribution in [-0.2, 0) is 6.54 Å². The number of aromatic nitrogens is 4. The number of amides is 1. The summed E-state index contributed by atoms with van der Waals surface area (Å²) in [6, 6.07) is 25.9. The van der Waals surface area contributed by atoms with Crippen LogP contribution in [0.25, 0.3) is 16.9 Å². The lowest BCUT2D eigenvalue weighted by Gasteiger charge is -2.08. The van der Waals surface area contributed by atoms with Crippen molar-refractivity contribution < 1.29 is 9.18 Å². The zero-order valence-electron chi connectivity index (χ0n) is 19.4. The van der Waals surface area contributed by atoms with Crippen molar-refractivity contribution in [2.45, 2.75) is 20.4 Å². The number of carbonyl (C=O) groups excluding carboxylic acids is 1. The molecule has 0 saturated heterocycles. The van der Waals surface area contributed by atoms with E-state index in [9.17, 15) is 9.18 Å². The van der Waals surface area contributed by atoms with Crippen molar-refractivity contribution in [2.24, 2.45) is 0 Å². The lowest BCUT2D eigenvalue weighted by molar-refractivity contribution is 0.102. The summed E-state index contributed by atoms with van der Waals surface area (Å²) >= 11 is 0. The van der Waals surface area contributed by atoms with E-state index in [4.69, 9.17) is 5.10 Å². The SMILES string of the molecule is Cc1nn(Cc2ccccc2F)c(C)c1NC(=O)c1cn(-c2ccccc2)nc1-c1ccccc1. The van der Waals surface area contributed by atoms with Crippen LogP contribution in [0.5, 0.6) is 0 Å². The third-order valence-electron chi connectivity index (χ3n) is 5.92. The van der Waals surface area contributed by atoms with Crippen LogP contribution in [0.2, 0.25) is 0 Å². The van der Waals surface area contributed by atoms with Crippen molar-refractivity contribution in [1.82, 2.24) is 19.6 Å². The molecule has 0 radical (unpaired) electrons. The number of hydrogen-bond donors (Lipinski definition) is 1. The Morgan fingerprint density at radius 3 is 2.26 bits per heavy atom. The van der Waals surface area contributed by atoms with Crippen LogP contribution < -0.4 is 5.32 Å². The van der Waals surface area contributed by atoms with Gasteiger partial charge in [0.15, 0.2) is 0 Å². The molecule has 1 N–H and O–H groups in total. The number of hydrogen-bond acceptors (Lipinski definition) is 3. The average Bonchev–Trinajstić information content (AvgIpc) is 3.44. The highest BCUT2D eigenvalue weighted by Gasteiger charge is 2.22. The predicted molar refractivity (Wildman–Crippen MR) is 134 cm³/mol. The van der Waals surface area contributed by atoms with Gasteiger partial charge in [0.25, 0.3) is 5.91 Å². The van der Waals surface area contributed by atoms with Crippen molar-refractivity contribution in [3.63, 3.8) is 0 Å². The maximum absolute atomic E-state index is 14.2. The maximum Gasteiger partial charge on any atom is 0.259 e. The Morgan fingerprint density at radius 2 is 1.54 bits per heavy atom. The smallest absolute Gasteiger partial charge is 0.259 e. The molecule has 5 aromatic rings. The molecule has 0 aliphatic rings. The first-order valence-corrected chi connectivity index (χ1v) is 11.3. The van der Waals surface area contributed by atoms with Gasteiger partial charge in [-0.2, -0.15) is 10.2 Å². The van der Waals surface area contributed by atoms with E-state index in [2.05, 4.69) is 10.4 Å². The summed E-state index contributed by atoms with van der Waals surface area (Å²) in [6.45, 7) is 3.96. The van der Waals surface area contributed by atoms with Crippen molar-refractivity contribution in [1.29, 1.82) is 0 Å². The zero-order chi connectivity index (χ0) is 24.4. The minimum atomic E-state index is -0.289. The highest BCUT2D eigenvalue weighted by molar-refractivity contribution is 6.08. The lowest BCUT2D eigenvalue weighted by Crippen LogP contribution is -2.14. The number of benzene rings is 3. The summed E-state index contributed by atoms with van der Waals surface area (Å²) in [5.41, 5.74) is 5.27. The molecule has 0 saturated carbocycles. The fraction of sp³-hybridized carbons (Fsp3) is 0.107. The molecule has 0 aliphatic heterocycles. The number of carbonyl (C=O) groups is 1. The monoisotopic (exact) mass is 465 g/mol. The van der Waals surface area contributed by atoms with Gasteiger partial charge in [-0.1, -0.05) is 66.7 Å². The fourth-order valence-corrected chi connectivity index (χ4v) is 4.06. The van der Waals surface area contributed by atoms with Gasteiger partial charge in [-0.3, -0.25) is 9.48 Å². The van der Waals surface area contributed by atoms with Gasteiger partial charge in [0.2, 0.25) is 0 Å². The Kier molecular flexibility index (Phi) is 5.97. The quantitative estimate of drug-likeness (QED) is 0.345. The number of aryl methyl sites for hydroxylation is 1. The van der Waals surface area contributed by atoms with Gasteiger partial charge in [0.05, 0.1) is 34.9 Å². The van der Waals surface area contributed by atoms with Crippen molar-refractivity contribution in [3.05, 3.63) is 119 Å². The van der Waals surface area contributed by atoms with Gasteiger partial charge in [-0.25, -0.2) is 9.07 Å². The molecule has 2 aromatic heterocycles. The average molecular weight is 466 g/mol. The molecule has 0 atom stereocenters. The van der Waals surface area contributed by atoms with E-state index in [1.807, 2.05) is 74.5 Å². The van der Waals surface area contributed by atoms with E-state index in [1.165, 1.54) is 6.07 Å². The normalized spacial score (nSPS) is 10.9. The first-order chi connectivity index (χ1) is 17.0. The topological polar surface area (TPSA) is 64.7 Å². The van der Waals surface area contributed by atoms with Crippen LogP contribution in [0.4, 0.5) is 10.1 Å². The molecule has 1 amide bonds. The molecule has 0 unspecified atom stereocenters. The standard InChI is InChI=1S/C28H24FN5O/c1-19-26(20(2)33(31-19)17-22-13-9-10-16-25(22)29)30-28(35)24-18-34(23-14-7-4-8-15-23)32-27(24)21-11-5-3-6-12-21/h3-16,18H,17H2,1-2H3,(H,30,35). The highest BCUT2D eigenvalue weighted by Crippen LogP contribution is 2.27. The second-order valence-corrected chi connectivity index (χ2v) is 8.29. The Balaban J connectivity index is 1.49. The maximum atomic E-state index is 14.2. The summed E-state index contributed by atoms with van der Waals surface area (Å²) in [5.74, 6) is -0.575. The van der Waals surface area contributed by atoms with Crippen molar-refractivity contribution >= 4 is 11.6 Å². The van der Waals surface area contributed by atoms with Gasteiger partial charge in [-0.05, 0) is 32.0 Å². The van der Waals surface area contributed by atoms with Crippen molar-refractivity contribution in [3.8, 4) is 16.9 Å². The van der Waals surface area contributed by atoms with E-state index < -0.39 is 0 Å². The third kappa shape index (κ3) is 4.48. The van der Waals surface area contributed by atoms with Crippen LogP contribution in [0.1, 0.15) is 27.3 Å². The lowest BCUT2D eigenvalue weighted by atomic mass is 10.1. The predicted octanol–water partition coefficient (Wildman–Crippen LogP) is 5.79. The van der Waals surface area contributed by atoms with Gasteiger partial charge >= 0.3 is 0 Å². The number of para-hydroxylation sites is 1. The van der Waals surface area contributed by atoms with E-state index in [0.717, 1.165) is 16.9 Å². The highest BCUT2D eigenvalue weighted by atomic mass is 19.1. The minimum absolute atomic E-state index is 0.274. The Labute approximate surface area is 202 Å². The third-order valence-corrected chi connectivity index (χ3v) is 5.92. The number of halogens is 1. The van der Waals surface area contributed by atoms with Gasteiger partial charge in [0.1, 0.15) is 11.5 Å². The largest absolute Gasteiger partial charge is 0.319 e. The Morgan fingerprint density at radius 1 is 0.886 bits per heavy atom. The second-order valence-electron chi connectivity index (χ2n) is 8.29. The van der Waals surface area contributed by atoms with Crippen molar-refractivity contribution in [2.75, 3.05) is 5.32 Å². The molecular formula is C28H24FN5O. The molecule has 174 valence electrons. The van der Waals surface area contributed by atoms with E-state index in [0.29, 0.717) is 28.2 Å². The molecule has 0 bridgehead atoms. The molecule has 0 aliphatic carbocycles. The summed E-state index contributed by atoms with van der Waals surface area (Å²) in [7, 11) is 0. The molecule has 0 spiro atoms. The first kappa shape index (κ1) is 22.3. The van der Waals surface area contributed by atoms with Crippen LogP contribution >= 0.6 is 0 Å². The Bertz CT molecular complexity index is 1490. The van der Waals surface area contributed by atoms with Crippen LogP contribution in [0.3, 0.4) is 0 Å². The zero-order valence-corrected chi connectivity index (χ0v) is 19.4. The fourth-order valence-electron chi connectivity index (χ4n) is 4.06. The van der Waals surface area contributed by atoms with Gasteiger partial charge in [0, 0.05) is 17.3 Å². The second kappa shape index (κ2) is 9.38. The summed E-state index contributed by atoms with van der Waals surface area (Å²) in [5, 5.41) is 12.3. The summed E-state index contributed by atoms with van der Waals surface area (Å²) in [6.07, 6.45) is 1.74. The molecule has 2 heterocycles. The molecule has 5 rings (SSSR count). The van der Waals surface area contributed by atoms with Crippen LogP contribution in [0.15, 0.2) is 91.1 Å². The minimum Gasteiger partial charge on any atom is -0.319 e. The van der Waals surface area contributed by atoms with Crippen LogP contribution in [-0.4, -0.2) is 25.5 Å². The molecule has 0 fully saturated rings. The molecular weight excluding hydrogens is 441 g/mol. The van der Waals surface area contributed by atoms with Gasteiger partial charge in [-0.15, -0.1) is 0 Å². The summed E-state index contributed by atoms with van der Waals surface area (Å²) in [4.78, 5) is 13.5. The number of nitrogens with one attached hydrogen (secondary N) is 1. The first-order valence-electron chi connectivity index (χ1n) is 11.3. The molecule has 3 aromatic carbocycles. The Hall–Kier alpha value is -4.52. The van der Waals surface area contributed by atoms with E-state index in [1.54, 1.807) is 33.8 Å². The summed E-state index contributed by atoms with van der Waals surface area (Å²) < 4.78 is 17.6. The number of anilines is 1. The molecule has 35 heavy (non-hydrogen) atoms. The molecule has 7 heteroatoms. The number of rotatable bonds is 6. The van der Waals surface area contributed by atoms with Gasteiger partial charge < -0.3 is 5.32 Å². The molecule has 6 nitrogen and oxygen atoms in total. The van der Waals surface area contributed by atoms with E-state index in [-0.39, 0.29) is 18.3 Å². The van der Waals surface area contributed by atoms with E-state index >= 15 is 0 Å².